The fourth-order valence-corrected chi connectivity index (χ4v) is 5.03. The van der Waals surface area contributed by atoms with Gasteiger partial charge in [0.2, 0.25) is 0 Å². The van der Waals surface area contributed by atoms with Crippen LogP contribution < -0.4 is 19.6 Å². The molecule has 1 aromatic heterocycles. The van der Waals surface area contributed by atoms with Crippen LogP contribution >= 0.6 is 22.9 Å². The van der Waals surface area contributed by atoms with Gasteiger partial charge in [0, 0.05) is 5.02 Å². The second-order valence-corrected chi connectivity index (χ2v) is 9.80. The molecule has 4 rings (SSSR count). The number of allylic oxidation sites excluding steroid dienone is 1. The van der Waals surface area contributed by atoms with Crippen molar-refractivity contribution in [1.29, 1.82) is 0 Å². The Morgan fingerprint density at radius 2 is 1.92 bits per heavy atom. The predicted molar refractivity (Wildman–Crippen MR) is 134 cm³/mol. The SMILES string of the molecule is CCOC(=O)C1=C(C(F)(F)F)N=c2s/c(=C\c3cccc(OC(C)C)c3)c(=O)n2[C@@H]1c1ccc(Cl)cc1. The van der Waals surface area contributed by atoms with Crippen LogP contribution in [0.3, 0.4) is 0 Å². The van der Waals surface area contributed by atoms with E-state index in [-0.39, 0.29) is 27.6 Å². The van der Waals surface area contributed by atoms with Gasteiger partial charge in [-0.3, -0.25) is 9.36 Å². The first kappa shape index (κ1) is 26.7. The first-order valence-corrected chi connectivity index (χ1v) is 12.5. The number of alkyl halides is 3. The van der Waals surface area contributed by atoms with E-state index in [0.717, 1.165) is 15.9 Å². The van der Waals surface area contributed by atoms with Crippen LogP contribution in [-0.4, -0.2) is 29.4 Å². The number of carbonyl (C=O) groups excluding carboxylic acids is 1. The monoisotopic (exact) mass is 550 g/mol. The molecular weight excluding hydrogens is 529 g/mol. The van der Waals surface area contributed by atoms with Crippen LogP contribution in [0.4, 0.5) is 13.2 Å². The van der Waals surface area contributed by atoms with E-state index in [9.17, 15) is 22.8 Å². The van der Waals surface area contributed by atoms with E-state index >= 15 is 0 Å². The number of ether oxygens (including phenoxy) is 2. The van der Waals surface area contributed by atoms with Gasteiger partial charge in [-0.15, -0.1) is 0 Å². The van der Waals surface area contributed by atoms with Crippen molar-refractivity contribution in [3.8, 4) is 5.75 Å². The van der Waals surface area contributed by atoms with E-state index in [4.69, 9.17) is 21.1 Å². The molecule has 1 atom stereocenters. The normalized spacial score (nSPS) is 16.0. The minimum Gasteiger partial charge on any atom is -0.491 e. The number of aromatic nitrogens is 1. The number of esters is 1. The molecule has 0 bridgehead atoms. The Morgan fingerprint density at radius 3 is 2.54 bits per heavy atom. The molecule has 1 aliphatic heterocycles. The third-order valence-corrected chi connectivity index (χ3v) is 6.54. The molecule has 0 spiro atoms. The highest BCUT2D eigenvalue weighted by Crippen LogP contribution is 2.38. The third-order valence-electron chi connectivity index (χ3n) is 5.31. The summed E-state index contributed by atoms with van der Waals surface area (Å²) in [6.45, 7) is 5.08. The highest BCUT2D eigenvalue weighted by atomic mass is 35.5. The van der Waals surface area contributed by atoms with Crippen LogP contribution in [0.25, 0.3) is 6.08 Å². The van der Waals surface area contributed by atoms with Crippen molar-refractivity contribution in [3.05, 3.63) is 95.6 Å². The van der Waals surface area contributed by atoms with Crippen molar-refractivity contribution < 1.29 is 27.4 Å². The Kier molecular flexibility index (Phi) is 7.61. The fourth-order valence-electron chi connectivity index (χ4n) is 3.90. The number of nitrogens with zero attached hydrogens (tertiary/aromatic N) is 2. The number of halogens is 4. The van der Waals surface area contributed by atoms with Crippen molar-refractivity contribution in [2.24, 2.45) is 4.99 Å². The molecule has 0 aliphatic carbocycles. The molecule has 11 heteroatoms. The number of hydrogen-bond acceptors (Lipinski definition) is 6. The highest BCUT2D eigenvalue weighted by molar-refractivity contribution is 7.07. The second kappa shape index (κ2) is 10.5. The standard InChI is InChI=1S/C26H22ClF3N2O4S/c1-4-35-24(34)20-21(16-8-10-17(27)11-9-16)32-23(33)19(37-25(32)31-22(20)26(28,29)30)13-15-6-5-7-18(12-15)36-14(2)3/h5-14,21H,4H2,1-3H3/b19-13-/t21-/m1/s1. The first-order valence-electron chi connectivity index (χ1n) is 11.3. The van der Waals surface area contributed by atoms with Crippen LogP contribution in [0.1, 0.15) is 37.9 Å². The molecule has 6 nitrogen and oxygen atoms in total. The van der Waals surface area contributed by atoms with Crippen molar-refractivity contribution >= 4 is 35.0 Å². The zero-order valence-electron chi connectivity index (χ0n) is 20.0. The Morgan fingerprint density at radius 1 is 1.22 bits per heavy atom. The van der Waals surface area contributed by atoms with Gasteiger partial charge in [-0.05, 0) is 62.2 Å². The minimum atomic E-state index is -4.97. The quantitative estimate of drug-likeness (QED) is 0.414. The Labute approximate surface area is 218 Å². The Bertz CT molecular complexity index is 1540. The average Bonchev–Trinajstić information content (AvgIpc) is 3.13. The summed E-state index contributed by atoms with van der Waals surface area (Å²) >= 11 is 6.79. The van der Waals surface area contributed by atoms with Gasteiger partial charge in [0.05, 0.1) is 28.9 Å². The van der Waals surface area contributed by atoms with Gasteiger partial charge in [-0.2, -0.15) is 13.2 Å². The summed E-state index contributed by atoms with van der Waals surface area (Å²) in [5.41, 5.74) is -1.88. The number of hydrogen-bond donors (Lipinski definition) is 0. The van der Waals surface area contributed by atoms with E-state index in [1.54, 1.807) is 30.3 Å². The van der Waals surface area contributed by atoms with E-state index in [1.807, 2.05) is 13.8 Å². The summed E-state index contributed by atoms with van der Waals surface area (Å²) < 4.78 is 54.4. The van der Waals surface area contributed by atoms with Gasteiger partial charge < -0.3 is 9.47 Å². The summed E-state index contributed by atoms with van der Waals surface area (Å²) in [7, 11) is 0. The first-order chi connectivity index (χ1) is 17.5. The van der Waals surface area contributed by atoms with Crippen molar-refractivity contribution in [2.45, 2.75) is 39.1 Å². The molecule has 0 amide bonds. The maximum absolute atomic E-state index is 14.2. The summed E-state index contributed by atoms with van der Waals surface area (Å²) in [4.78, 5) is 30.0. The molecule has 0 saturated carbocycles. The van der Waals surface area contributed by atoms with E-state index < -0.39 is 35.0 Å². The van der Waals surface area contributed by atoms with Gasteiger partial charge in [0.1, 0.15) is 5.75 Å². The van der Waals surface area contributed by atoms with Crippen molar-refractivity contribution in [1.82, 2.24) is 4.57 Å². The number of rotatable bonds is 6. The molecule has 3 aromatic rings. The average molecular weight is 551 g/mol. The zero-order chi connectivity index (χ0) is 26.9. The molecule has 2 heterocycles. The summed E-state index contributed by atoms with van der Waals surface area (Å²) in [5, 5.41) is 0.345. The minimum absolute atomic E-state index is 0.0676. The molecule has 0 unspecified atom stereocenters. The van der Waals surface area contributed by atoms with Gasteiger partial charge >= 0.3 is 12.1 Å². The van der Waals surface area contributed by atoms with Gasteiger partial charge in [0.25, 0.3) is 5.56 Å². The smallest absolute Gasteiger partial charge is 0.434 e. The molecule has 194 valence electrons. The predicted octanol–water partition coefficient (Wildman–Crippen LogP) is 4.78. The molecule has 37 heavy (non-hydrogen) atoms. The van der Waals surface area contributed by atoms with Crippen LogP contribution in [0.2, 0.25) is 5.02 Å². The van der Waals surface area contributed by atoms with Gasteiger partial charge in [0.15, 0.2) is 10.5 Å². The lowest BCUT2D eigenvalue weighted by atomic mass is 9.95. The summed E-state index contributed by atoms with van der Waals surface area (Å²) in [6.07, 6.45) is -3.48. The topological polar surface area (TPSA) is 69.9 Å². The molecular formula is C26H22ClF3N2O4S. The van der Waals surface area contributed by atoms with Crippen LogP contribution in [-0.2, 0) is 9.53 Å². The number of fused-ring (bicyclic) bond motifs is 1. The molecule has 0 radical (unpaired) electrons. The number of benzene rings is 2. The Hall–Kier alpha value is -3.37. The lowest BCUT2D eigenvalue weighted by Gasteiger charge is -2.26. The van der Waals surface area contributed by atoms with Gasteiger partial charge in [-0.1, -0.05) is 47.2 Å². The fraction of sp³-hybridized carbons (Fsp3) is 0.269. The lowest BCUT2D eigenvalue weighted by Crippen LogP contribution is -2.41. The molecule has 1 aliphatic rings. The van der Waals surface area contributed by atoms with Crippen molar-refractivity contribution in [3.63, 3.8) is 0 Å². The lowest BCUT2D eigenvalue weighted by molar-refractivity contribution is -0.140. The van der Waals surface area contributed by atoms with E-state index in [2.05, 4.69) is 4.99 Å². The van der Waals surface area contributed by atoms with Crippen LogP contribution in [0.15, 0.2) is 69.6 Å². The van der Waals surface area contributed by atoms with Crippen LogP contribution in [0, 0.1) is 0 Å². The van der Waals surface area contributed by atoms with E-state index in [1.165, 1.54) is 31.2 Å². The highest BCUT2D eigenvalue weighted by Gasteiger charge is 2.45. The Balaban J connectivity index is 1.98. The van der Waals surface area contributed by atoms with Crippen molar-refractivity contribution in [2.75, 3.05) is 6.61 Å². The number of thiazole rings is 1. The van der Waals surface area contributed by atoms with E-state index in [0.29, 0.717) is 16.3 Å². The maximum Gasteiger partial charge on any atom is 0.434 e. The molecule has 2 aromatic carbocycles. The zero-order valence-corrected chi connectivity index (χ0v) is 21.6. The van der Waals surface area contributed by atoms with Gasteiger partial charge in [-0.25, -0.2) is 9.79 Å². The molecule has 0 saturated heterocycles. The third kappa shape index (κ3) is 5.65. The molecule has 0 N–H and O–H groups in total. The maximum atomic E-state index is 14.2. The molecule has 0 fully saturated rings. The summed E-state index contributed by atoms with van der Waals surface area (Å²) in [6, 6.07) is 11.4. The number of carbonyl (C=O) groups is 1. The largest absolute Gasteiger partial charge is 0.491 e. The van der Waals surface area contributed by atoms with Crippen LogP contribution in [0.5, 0.6) is 5.75 Å². The summed E-state index contributed by atoms with van der Waals surface area (Å²) in [5.74, 6) is -0.620. The second-order valence-electron chi connectivity index (χ2n) is 8.35.